The highest BCUT2D eigenvalue weighted by Gasteiger charge is 2.56. The first-order valence-electron chi connectivity index (χ1n) is 14.1. The van der Waals surface area contributed by atoms with E-state index in [2.05, 4.69) is 0 Å². The van der Waals surface area contributed by atoms with E-state index in [4.69, 9.17) is 37.9 Å². The van der Waals surface area contributed by atoms with Gasteiger partial charge in [-0.1, -0.05) is 0 Å². The topological polar surface area (TPSA) is 317 Å². The van der Waals surface area contributed by atoms with Crippen LogP contribution >= 0.6 is 0 Å². The van der Waals surface area contributed by atoms with Crippen molar-refractivity contribution >= 4 is 0 Å². The van der Waals surface area contributed by atoms with Gasteiger partial charge in [-0.3, -0.25) is 0 Å². The zero-order chi connectivity index (χ0) is 32.0. The Labute approximate surface area is 249 Å². The zero-order valence-electron chi connectivity index (χ0n) is 23.0. The minimum Gasteiger partial charge on any atom is -0.394 e. The Hall–Kier alpha value is -0.800. The molecule has 0 spiro atoms. The molecule has 0 saturated carbocycles. The van der Waals surface area contributed by atoms with E-state index in [9.17, 15) is 61.3 Å². The van der Waals surface area contributed by atoms with Gasteiger partial charge in [0.05, 0.1) is 26.4 Å². The fourth-order valence-corrected chi connectivity index (χ4v) is 5.95. The van der Waals surface area contributed by atoms with Crippen molar-refractivity contribution in [3.8, 4) is 0 Å². The molecule has 0 aromatic heterocycles. The molecule has 14 aliphatic rings. The quantitative estimate of drug-likeness (QED) is 0.135. The van der Waals surface area contributed by atoms with Crippen LogP contribution in [-0.4, -0.2) is 211 Å². The van der Waals surface area contributed by atoms with Crippen molar-refractivity contribution in [3.63, 3.8) is 0 Å². The highest BCUT2D eigenvalue weighted by atomic mass is 16.8. The van der Waals surface area contributed by atoms with Crippen LogP contribution in [0.5, 0.6) is 0 Å². The van der Waals surface area contributed by atoms with Crippen molar-refractivity contribution in [3.05, 3.63) is 0 Å². The SMILES string of the molecule is OC[C@@H]1O[C@H]2O[C@@H]3[C@@H](O)[C@H](O)[C@H](O[C@@H]4[C@@H](O)[C@H](O)[C@H](O[C@@H]5[C@@H](O)[C@H](O)[C@H](O[C@@H]1[C@@H](O)[C@@H]2O)O[C@H]5CO)O[C@H]4CO)O[C@H]3CO. The van der Waals surface area contributed by atoms with Crippen molar-refractivity contribution in [1.82, 2.24) is 0 Å². The fraction of sp³-hybridized carbons (Fsp3) is 1.00. The van der Waals surface area contributed by atoms with Gasteiger partial charge in [-0.05, 0) is 0 Å². The third kappa shape index (κ3) is 6.25. The van der Waals surface area contributed by atoms with Crippen molar-refractivity contribution < 1.29 is 99.2 Å². The molecule has 20 atom stereocenters. The van der Waals surface area contributed by atoms with Gasteiger partial charge >= 0.3 is 0 Å². The Kier molecular flexibility index (Phi) is 11.1. The first-order valence-corrected chi connectivity index (χ1v) is 14.1. The number of aliphatic hydroxyl groups is 12. The highest BCUT2D eigenvalue weighted by Crippen LogP contribution is 2.36. The van der Waals surface area contributed by atoms with E-state index in [0.29, 0.717) is 0 Å². The largest absolute Gasteiger partial charge is 0.394 e. The summed E-state index contributed by atoms with van der Waals surface area (Å²) < 4.78 is 44.7. The monoisotopic (exact) mass is 648 g/mol. The molecule has 0 aromatic carbocycles. The number of hydrogen-bond acceptors (Lipinski definition) is 20. The van der Waals surface area contributed by atoms with E-state index in [1.54, 1.807) is 0 Å². The average Bonchev–Trinajstić information content (AvgIpc) is 3.02. The highest BCUT2D eigenvalue weighted by molar-refractivity contribution is 4.99. The van der Waals surface area contributed by atoms with E-state index in [-0.39, 0.29) is 0 Å². The van der Waals surface area contributed by atoms with E-state index in [1.165, 1.54) is 0 Å². The van der Waals surface area contributed by atoms with Crippen LogP contribution in [0.15, 0.2) is 0 Å². The normalized spacial score (nSPS) is 55.4. The minimum atomic E-state index is -1.96. The molecule has 256 valence electrons. The third-order valence-corrected chi connectivity index (χ3v) is 8.45. The van der Waals surface area contributed by atoms with Gasteiger partial charge in [0.15, 0.2) is 25.2 Å². The summed E-state index contributed by atoms with van der Waals surface area (Å²) in [5.74, 6) is 0. The summed E-state index contributed by atoms with van der Waals surface area (Å²) in [6.45, 7) is -3.42. The fourth-order valence-electron chi connectivity index (χ4n) is 5.95. The molecule has 8 bridgehead atoms. The van der Waals surface area contributed by atoms with Crippen LogP contribution in [0.2, 0.25) is 0 Å². The maximum atomic E-state index is 10.9. The van der Waals surface area contributed by atoms with Crippen LogP contribution in [0.25, 0.3) is 0 Å². The number of aliphatic hydroxyl groups excluding tert-OH is 12. The van der Waals surface area contributed by atoms with Gasteiger partial charge in [0, 0.05) is 0 Å². The average molecular weight is 649 g/mol. The van der Waals surface area contributed by atoms with E-state index in [0.717, 1.165) is 0 Å². The van der Waals surface area contributed by atoms with Crippen LogP contribution < -0.4 is 0 Å². The molecule has 12 N–H and O–H groups in total. The predicted molar refractivity (Wildman–Crippen MR) is 131 cm³/mol. The molecule has 44 heavy (non-hydrogen) atoms. The lowest BCUT2D eigenvalue weighted by Gasteiger charge is -2.50. The van der Waals surface area contributed by atoms with Gasteiger partial charge in [0.1, 0.15) is 97.7 Å². The molecule has 0 aliphatic carbocycles. The lowest BCUT2D eigenvalue weighted by Crippen LogP contribution is -2.69. The Morgan fingerprint density at radius 3 is 0.614 bits per heavy atom. The van der Waals surface area contributed by atoms with Gasteiger partial charge in [0.2, 0.25) is 0 Å². The van der Waals surface area contributed by atoms with Crippen LogP contribution in [0.3, 0.4) is 0 Å². The van der Waals surface area contributed by atoms with Crippen LogP contribution in [-0.2, 0) is 37.9 Å². The molecule has 20 nitrogen and oxygen atoms in total. The lowest BCUT2D eigenvalue weighted by atomic mass is 9.94. The second-order valence-electron chi connectivity index (χ2n) is 11.2. The van der Waals surface area contributed by atoms with Gasteiger partial charge in [-0.15, -0.1) is 0 Å². The molecule has 0 radical (unpaired) electrons. The van der Waals surface area contributed by atoms with Crippen molar-refractivity contribution in [2.24, 2.45) is 0 Å². The smallest absolute Gasteiger partial charge is 0.187 e. The van der Waals surface area contributed by atoms with Crippen LogP contribution in [0.4, 0.5) is 0 Å². The van der Waals surface area contributed by atoms with Crippen molar-refractivity contribution in [2.75, 3.05) is 26.4 Å². The first kappa shape index (κ1) is 34.5. The van der Waals surface area contributed by atoms with Crippen LogP contribution in [0.1, 0.15) is 0 Å². The number of hydrogen-bond donors (Lipinski definition) is 12. The Balaban J connectivity index is 1.51. The molecule has 14 heterocycles. The second kappa shape index (κ2) is 14.1. The van der Waals surface area contributed by atoms with Gasteiger partial charge in [-0.2, -0.15) is 0 Å². The summed E-state index contributed by atoms with van der Waals surface area (Å²) in [5, 5.41) is 127. The number of rotatable bonds is 4. The standard InChI is InChI=1S/C24H40O20/c25-1-5-17-9(29)13(33)21(37-5)42-18-6(2-26)39-23(15(35)11(18)31)44-20-8(4-28)40-24(16(36)12(20)32)43-19-7(3-27)38-22(41-17)14(34)10(19)30/h5-36H,1-4H2/t5-,6-,7-,8-,9-,10-,11-,12-,13-,14-,15-,16-,17-,18-,19-,20-,21-,22-,23-,24-/m0/s1. The van der Waals surface area contributed by atoms with Gasteiger partial charge in [0.25, 0.3) is 0 Å². The molecule has 14 fully saturated rings. The van der Waals surface area contributed by atoms with E-state index >= 15 is 0 Å². The summed E-state index contributed by atoms with van der Waals surface area (Å²) in [6.07, 6.45) is -35.3. The third-order valence-electron chi connectivity index (χ3n) is 8.45. The minimum absolute atomic E-state index is 0.854. The summed E-state index contributed by atoms with van der Waals surface area (Å²) in [6, 6.07) is 0. The van der Waals surface area contributed by atoms with Gasteiger partial charge in [-0.25, -0.2) is 0 Å². The maximum Gasteiger partial charge on any atom is 0.187 e. The van der Waals surface area contributed by atoms with Gasteiger partial charge < -0.3 is 99.2 Å². The predicted octanol–water partition coefficient (Wildman–Crippen LogP) is -8.70. The summed E-state index contributed by atoms with van der Waals surface area (Å²) >= 11 is 0. The molecule has 14 saturated heterocycles. The second-order valence-corrected chi connectivity index (χ2v) is 11.2. The summed E-state index contributed by atoms with van der Waals surface area (Å²) in [5.41, 5.74) is 0. The molecule has 0 aromatic rings. The lowest BCUT2D eigenvalue weighted by molar-refractivity contribution is -0.404. The Bertz CT molecular complexity index is 780. The molecule has 14 aliphatic heterocycles. The summed E-state index contributed by atoms with van der Waals surface area (Å²) in [4.78, 5) is 0. The van der Waals surface area contributed by atoms with Crippen molar-refractivity contribution in [1.29, 1.82) is 0 Å². The molecule has 14 rings (SSSR count). The molecular weight excluding hydrogens is 608 g/mol. The Morgan fingerprint density at radius 2 is 0.455 bits per heavy atom. The molecule has 0 amide bonds. The zero-order valence-corrected chi connectivity index (χ0v) is 23.0. The van der Waals surface area contributed by atoms with Crippen LogP contribution in [0, 0.1) is 0 Å². The summed E-state index contributed by atoms with van der Waals surface area (Å²) in [7, 11) is 0. The van der Waals surface area contributed by atoms with E-state index in [1.807, 2.05) is 0 Å². The Morgan fingerprint density at radius 1 is 0.273 bits per heavy atom. The molecule has 20 heteroatoms. The first-order chi connectivity index (χ1) is 20.9. The number of ether oxygens (including phenoxy) is 8. The van der Waals surface area contributed by atoms with E-state index < -0.39 is 149 Å². The maximum absolute atomic E-state index is 10.9. The molecular formula is C24H40O20. The molecule has 0 unspecified atom stereocenters. The van der Waals surface area contributed by atoms with Crippen molar-refractivity contribution in [2.45, 2.75) is 123 Å².